The second kappa shape index (κ2) is 5.79. The van der Waals surface area contributed by atoms with Gasteiger partial charge in [0.15, 0.2) is 0 Å². The largest absolute Gasteiger partial charge is 0.420 e. The zero-order valence-electron chi connectivity index (χ0n) is 8.22. The van der Waals surface area contributed by atoms with Gasteiger partial charge in [0.25, 0.3) is 0 Å². The second-order valence-corrected chi connectivity index (χ2v) is 5.53. The third kappa shape index (κ3) is 5.04. The molecule has 0 aromatic heterocycles. The lowest BCUT2D eigenvalue weighted by Crippen LogP contribution is -2.24. The van der Waals surface area contributed by atoms with E-state index in [1.54, 1.807) is 18.3 Å². The molecule has 0 aliphatic carbocycles. The summed E-state index contributed by atoms with van der Waals surface area (Å²) in [5, 5.41) is 0. The first-order valence-electron chi connectivity index (χ1n) is 3.88. The highest BCUT2D eigenvalue weighted by molar-refractivity contribution is 7.90. The SMILES string of the molecule is CCOP(=O)(NS(=O)(=O)OC)OCC. The van der Waals surface area contributed by atoms with Crippen LogP contribution < -0.4 is 4.49 Å². The molecule has 0 aliphatic heterocycles. The van der Waals surface area contributed by atoms with Crippen molar-refractivity contribution in [3.63, 3.8) is 0 Å². The molecule has 9 heteroatoms. The Kier molecular flexibility index (Phi) is 5.80. The maximum Gasteiger partial charge on any atom is 0.420 e. The number of nitrogens with one attached hydrogen (secondary N) is 1. The van der Waals surface area contributed by atoms with Crippen molar-refractivity contribution in [3.05, 3.63) is 0 Å². The lowest BCUT2D eigenvalue weighted by atomic mass is 10.9. The van der Waals surface area contributed by atoms with Gasteiger partial charge in [-0.15, -0.1) is 0 Å². The summed E-state index contributed by atoms with van der Waals surface area (Å²) in [6.45, 7) is 3.24. The molecule has 0 amide bonds. The van der Waals surface area contributed by atoms with E-state index in [2.05, 4.69) is 13.2 Å². The van der Waals surface area contributed by atoms with Gasteiger partial charge in [-0.05, 0) is 13.8 Å². The normalized spacial score (nSPS) is 13.1. The van der Waals surface area contributed by atoms with Crippen LogP contribution in [0.3, 0.4) is 0 Å². The predicted molar refractivity (Wildman–Crippen MR) is 49.9 cm³/mol. The van der Waals surface area contributed by atoms with Crippen LogP contribution in [0.25, 0.3) is 0 Å². The predicted octanol–water partition coefficient (Wildman–Crippen LogP) is 0.648. The van der Waals surface area contributed by atoms with Crippen LogP contribution in [0.15, 0.2) is 0 Å². The van der Waals surface area contributed by atoms with Crippen LogP contribution >= 0.6 is 7.75 Å². The number of hydrogen-bond donors (Lipinski definition) is 1. The van der Waals surface area contributed by atoms with Gasteiger partial charge in [0.1, 0.15) is 0 Å². The Bertz CT molecular complexity index is 291. The summed E-state index contributed by atoms with van der Waals surface area (Å²) >= 11 is 0. The van der Waals surface area contributed by atoms with Crippen molar-refractivity contribution >= 4 is 18.1 Å². The van der Waals surface area contributed by atoms with Crippen LogP contribution in [-0.2, 0) is 28.1 Å². The Balaban J connectivity index is 4.61. The first-order chi connectivity index (χ1) is 6.39. The highest BCUT2D eigenvalue weighted by atomic mass is 32.2. The van der Waals surface area contributed by atoms with Gasteiger partial charge in [0, 0.05) is 0 Å². The van der Waals surface area contributed by atoms with Crippen molar-refractivity contribution in [2.45, 2.75) is 13.8 Å². The maximum absolute atomic E-state index is 11.6. The topological polar surface area (TPSA) is 90.9 Å². The van der Waals surface area contributed by atoms with E-state index < -0.39 is 18.1 Å². The van der Waals surface area contributed by atoms with E-state index in [0.29, 0.717) is 0 Å². The Morgan fingerprint density at radius 2 is 1.64 bits per heavy atom. The molecule has 86 valence electrons. The van der Waals surface area contributed by atoms with Gasteiger partial charge >= 0.3 is 18.1 Å². The maximum atomic E-state index is 11.6. The van der Waals surface area contributed by atoms with E-state index >= 15 is 0 Å². The average molecular weight is 247 g/mol. The van der Waals surface area contributed by atoms with Gasteiger partial charge in [-0.1, -0.05) is 4.49 Å². The molecular formula is C5H14NO6PS. The molecule has 1 N–H and O–H groups in total. The summed E-state index contributed by atoms with van der Waals surface area (Å²) in [4.78, 5) is 0. The minimum absolute atomic E-state index is 0.0590. The third-order valence-electron chi connectivity index (χ3n) is 1.04. The summed E-state index contributed by atoms with van der Waals surface area (Å²) in [5.74, 6) is 0. The molecule has 0 aromatic rings. The quantitative estimate of drug-likeness (QED) is 0.664. The van der Waals surface area contributed by atoms with E-state index in [0.717, 1.165) is 7.11 Å². The lowest BCUT2D eigenvalue weighted by Gasteiger charge is -2.16. The minimum Gasteiger partial charge on any atom is -0.296 e. The van der Waals surface area contributed by atoms with E-state index in [4.69, 9.17) is 0 Å². The zero-order chi connectivity index (χ0) is 11.2. The summed E-state index contributed by atoms with van der Waals surface area (Å²) in [5.41, 5.74) is 0. The summed E-state index contributed by atoms with van der Waals surface area (Å²) in [6.07, 6.45) is 0. The fourth-order valence-corrected chi connectivity index (χ4v) is 3.17. The van der Waals surface area contributed by atoms with Gasteiger partial charge < -0.3 is 0 Å². The van der Waals surface area contributed by atoms with Gasteiger partial charge in [0.05, 0.1) is 20.3 Å². The fraction of sp³-hybridized carbons (Fsp3) is 1.00. The Morgan fingerprint density at radius 3 is 1.93 bits per heavy atom. The number of rotatable bonds is 7. The van der Waals surface area contributed by atoms with Crippen molar-refractivity contribution in [2.75, 3.05) is 20.3 Å². The molecule has 0 saturated carbocycles. The molecule has 0 fully saturated rings. The molecule has 0 radical (unpaired) electrons. The smallest absolute Gasteiger partial charge is 0.296 e. The summed E-state index contributed by atoms with van der Waals surface area (Å²) in [6, 6.07) is 0. The van der Waals surface area contributed by atoms with Crippen molar-refractivity contribution < 1.29 is 26.2 Å². The van der Waals surface area contributed by atoms with Crippen LogP contribution in [0.2, 0.25) is 0 Å². The van der Waals surface area contributed by atoms with Crippen LogP contribution in [-0.4, -0.2) is 28.7 Å². The molecule has 14 heavy (non-hydrogen) atoms. The molecule has 0 unspecified atom stereocenters. The van der Waals surface area contributed by atoms with Crippen molar-refractivity contribution in [1.29, 1.82) is 0 Å². The molecule has 7 nitrogen and oxygen atoms in total. The van der Waals surface area contributed by atoms with Crippen molar-refractivity contribution in [2.24, 2.45) is 0 Å². The summed E-state index contributed by atoms with van der Waals surface area (Å²) < 4.78 is 48.4. The van der Waals surface area contributed by atoms with E-state index in [1.807, 2.05) is 0 Å². The lowest BCUT2D eigenvalue weighted by molar-refractivity contribution is 0.215. The van der Waals surface area contributed by atoms with Crippen molar-refractivity contribution in [3.8, 4) is 0 Å². The molecule has 0 atom stereocenters. The number of hydrogen-bond acceptors (Lipinski definition) is 6. The molecule has 0 saturated heterocycles. The van der Waals surface area contributed by atoms with Gasteiger partial charge in [-0.25, -0.2) is 4.57 Å². The van der Waals surface area contributed by atoms with Gasteiger partial charge in [-0.3, -0.25) is 13.2 Å². The monoisotopic (exact) mass is 247 g/mol. The average Bonchev–Trinajstić information content (AvgIpc) is 2.03. The molecule has 0 aliphatic rings. The van der Waals surface area contributed by atoms with Crippen molar-refractivity contribution in [1.82, 2.24) is 4.49 Å². The van der Waals surface area contributed by atoms with E-state index in [1.165, 1.54) is 0 Å². The van der Waals surface area contributed by atoms with Crippen LogP contribution in [0.1, 0.15) is 13.8 Å². The fourth-order valence-electron chi connectivity index (χ4n) is 0.604. The molecule has 0 bridgehead atoms. The first kappa shape index (κ1) is 14.0. The van der Waals surface area contributed by atoms with Crippen LogP contribution in [0.5, 0.6) is 0 Å². The summed E-state index contributed by atoms with van der Waals surface area (Å²) in [7, 11) is -6.97. The standard InChI is InChI=1S/C5H14NO6PS/c1-4-11-13(7,12-5-2)6-14(8,9)10-3/h4-5H2,1-3H3,(H,6,7). The van der Waals surface area contributed by atoms with Gasteiger partial charge in [-0.2, -0.15) is 8.42 Å². The van der Waals surface area contributed by atoms with Crippen LogP contribution in [0, 0.1) is 0 Å². The Labute approximate surface area is 83.6 Å². The highest BCUT2D eigenvalue weighted by Gasteiger charge is 2.30. The van der Waals surface area contributed by atoms with E-state index in [9.17, 15) is 13.0 Å². The first-order valence-corrected chi connectivity index (χ1v) is 6.83. The molecule has 0 aromatic carbocycles. The van der Waals surface area contributed by atoms with Crippen LogP contribution in [0.4, 0.5) is 0 Å². The Morgan fingerprint density at radius 1 is 1.21 bits per heavy atom. The highest BCUT2D eigenvalue weighted by Crippen LogP contribution is 2.44. The molecule has 0 spiro atoms. The molecule has 0 heterocycles. The second-order valence-electron chi connectivity index (χ2n) is 2.05. The third-order valence-corrected chi connectivity index (χ3v) is 4.47. The van der Waals surface area contributed by atoms with E-state index in [-0.39, 0.29) is 13.2 Å². The molecule has 0 rings (SSSR count). The van der Waals surface area contributed by atoms with Gasteiger partial charge in [0.2, 0.25) is 0 Å². The molecular weight excluding hydrogens is 233 g/mol. The minimum atomic E-state index is -4.08. The zero-order valence-corrected chi connectivity index (χ0v) is 9.93. The Hall–Kier alpha value is 0.0200.